The first-order chi connectivity index (χ1) is 19.1. The summed E-state index contributed by atoms with van der Waals surface area (Å²) in [5, 5.41) is 2.98. The van der Waals surface area contributed by atoms with Crippen molar-refractivity contribution in [2.24, 2.45) is 5.92 Å². The molecule has 1 N–H and O–H groups in total. The molecule has 0 aromatic heterocycles. The maximum Gasteiger partial charge on any atom is 0.258 e. The number of fused-ring (bicyclic) bond motifs is 1. The van der Waals surface area contributed by atoms with E-state index in [1.54, 1.807) is 36.3 Å². The molecule has 1 atom stereocenters. The van der Waals surface area contributed by atoms with Crippen LogP contribution >= 0.6 is 0 Å². The monoisotopic (exact) mass is 561 g/mol. The number of nitrogens with one attached hydrogen (secondary N) is 1. The van der Waals surface area contributed by atoms with Crippen LogP contribution in [0.1, 0.15) is 45.5 Å². The number of anilines is 2. The van der Waals surface area contributed by atoms with Crippen molar-refractivity contribution in [2.45, 2.75) is 44.9 Å². The highest BCUT2D eigenvalue weighted by atomic mass is 32.2. The minimum absolute atomic E-state index is 0.111. The molecule has 1 fully saturated rings. The lowest BCUT2D eigenvalue weighted by Crippen LogP contribution is -2.44. The minimum atomic E-state index is -3.73. The molecular weight excluding hydrogens is 526 g/mol. The average molecular weight is 562 g/mol. The smallest absolute Gasteiger partial charge is 0.258 e. The number of benzene rings is 3. The van der Waals surface area contributed by atoms with Gasteiger partial charge in [-0.3, -0.25) is 9.59 Å². The van der Waals surface area contributed by atoms with Crippen LogP contribution in [0, 0.1) is 26.7 Å². The number of carbonyl (C=O) groups excluding carboxylic acids is 2. The maximum absolute atomic E-state index is 13.6. The van der Waals surface area contributed by atoms with E-state index in [4.69, 9.17) is 4.74 Å². The van der Waals surface area contributed by atoms with E-state index in [2.05, 4.69) is 5.32 Å². The van der Waals surface area contributed by atoms with Crippen molar-refractivity contribution < 1.29 is 22.7 Å². The van der Waals surface area contributed by atoms with Gasteiger partial charge in [0.2, 0.25) is 15.9 Å². The largest absolute Gasteiger partial charge is 0.497 e. The van der Waals surface area contributed by atoms with Crippen molar-refractivity contribution in [3.63, 3.8) is 0 Å². The molecule has 0 bridgehead atoms. The second-order valence-corrected chi connectivity index (χ2v) is 12.6. The van der Waals surface area contributed by atoms with Crippen LogP contribution in [0.3, 0.4) is 0 Å². The highest BCUT2D eigenvalue weighted by molar-refractivity contribution is 7.89. The van der Waals surface area contributed by atoms with E-state index in [0.29, 0.717) is 47.8 Å². The SMILES string of the molecule is COc1ccc(C(=O)N2CCc3ccc(NC(=O)[C@@H]4CCCN(S(=O)(=O)c5c(C)cc(C)cc5C)C4)cc32)cc1. The van der Waals surface area contributed by atoms with E-state index in [0.717, 1.165) is 34.4 Å². The molecule has 3 aromatic rings. The fourth-order valence-corrected chi connectivity index (χ4v) is 7.81. The lowest BCUT2D eigenvalue weighted by Gasteiger charge is -2.32. The summed E-state index contributed by atoms with van der Waals surface area (Å²) in [5.41, 5.74) is 5.42. The maximum atomic E-state index is 13.6. The third-order valence-electron chi connectivity index (χ3n) is 7.79. The molecule has 0 spiro atoms. The first kappa shape index (κ1) is 27.9. The standard InChI is InChI=1S/C31H35N3O5S/c1-20-16-21(2)29(22(3)17-20)40(37,38)33-14-5-6-25(19-33)30(35)32-26-10-7-23-13-15-34(28(23)18-26)31(36)24-8-11-27(39-4)12-9-24/h7-12,16-18,25H,5-6,13-15,19H2,1-4H3,(H,32,35)/t25-/m1/s1. The molecule has 3 aromatic carbocycles. The second-order valence-electron chi connectivity index (χ2n) is 10.7. The van der Waals surface area contributed by atoms with Gasteiger partial charge in [0, 0.05) is 36.6 Å². The molecule has 0 radical (unpaired) electrons. The van der Waals surface area contributed by atoms with E-state index in [1.165, 1.54) is 4.31 Å². The minimum Gasteiger partial charge on any atom is -0.497 e. The summed E-state index contributed by atoms with van der Waals surface area (Å²) in [6, 6.07) is 16.4. The van der Waals surface area contributed by atoms with Crippen LogP contribution in [-0.2, 0) is 21.2 Å². The summed E-state index contributed by atoms with van der Waals surface area (Å²) in [6.45, 7) is 6.67. The zero-order valence-corrected chi connectivity index (χ0v) is 24.2. The molecule has 0 unspecified atom stereocenters. The number of carbonyl (C=O) groups is 2. The fourth-order valence-electron chi connectivity index (χ4n) is 5.88. The second kappa shape index (κ2) is 11.1. The van der Waals surface area contributed by atoms with E-state index >= 15 is 0 Å². The fraction of sp³-hybridized carbons (Fsp3) is 0.355. The van der Waals surface area contributed by atoms with Crippen LogP contribution in [-0.4, -0.2) is 51.3 Å². The van der Waals surface area contributed by atoms with Crippen molar-refractivity contribution in [1.82, 2.24) is 4.31 Å². The van der Waals surface area contributed by atoms with E-state index in [9.17, 15) is 18.0 Å². The van der Waals surface area contributed by atoms with Crippen molar-refractivity contribution in [3.05, 3.63) is 82.4 Å². The first-order valence-electron chi connectivity index (χ1n) is 13.6. The predicted molar refractivity (Wildman–Crippen MR) is 156 cm³/mol. The Labute approximate surface area is 236 Å². The third-order valence-corrected chi connectivity index (χ3v) is 9.96. The normalized spacial score (nSPS) is 17.4. The van der Waals surface area contributed by atoms with Gasteiger partial charge in [0.1, 0.15) is 5.75 Å². The van der Waals surface area contributed by atoms with Gasteiger partial charge in [-0.05, 0) is 93.1 Å². The van der Waals surface area contributed by atoms with Crippen LogP contribution in [0.15, 0.2) is 59.5 Å². The summed E-state index contributed by atoms with van der Waals surface area (Å²) < 4.78 is 33.8. The molecule has 210 valence electrons. The Bertz CT molecular complexity index is 1540. The number of hydrogen-bond donors (Lipinski definition) is 1. The van der Waals surface area contributed by atoms with Crippen molar-refractivity contribution >= 4 is 33.2 Å². The molecule has 9 heteroatoms. The zero-order chi connectivity index (χ0) is 28.6. The van der Waals surface area contributed by atoms with E-state index < -0.39 is 15.9 Å². The molecule has 40 heavy (non-hydrogen) atoms. The molecule has 8 nitrogen and oxygen atoms in total. The summed E-state index contributed by atoms with van der Waals surface area (Å²) in [7, 11) is -2.15. The van der Waals surface area contributed by atoms with Gasteiger partial charge in [-0.2, -0.15) is 4.31 Å². The molecule has 2 heterocycles. The number of amides is 2. The van der Waals surface area contributed by atoms with E-state index in [1.807, 2.05) is 51.1 Å². The number of nitrogens with zero attached hydrogens (tertiary/aromatic N) is 2. The van der Waals surface area contributed by atoms with Gasteiger partial charge in [0.05, 0.1) is 17.9 Å². The van der Waals surface area contributed by atoms with Gasteiger partial charge in [0.25, 0.3) is 5.91 Å². The lowest BCUT2D eigenvalue weighted by atomic mass is 9.98. The molecule has 2 amide bonds. The number of piperidine rings is 1. The lowest BCUT2D eigenvalue weighted by molar-refractivity contribution is -0.120. The van der Waals surface area contributed by atoms with Gasteiger partial charge < -0.3 is 15.0 Å². The Morgan fingerprint density at radius 3 is 2.33 bits per heavy atom. The number of hydrogen-bond acceptors (Lipinski definition) is 5. The Hall–Kier alpha value is -3.69. The van der Waals surface area contributed by atoms with Gasteiger partial charge in [-0.15, -0.1) is 0 Å². The van der Waals surface area contributed by atoms with Crippen molar-refractivity contribution in [3.8, 4) is 5.75 Å². The topological polar surface area (TPSA) is 96.0 Å². The van der Waals surface area contributed by atoms with Crippen molar-refractivity contribution in [2.75, 3.05) is 37.0 Å². The molecule has 0 aliphatic carbocycles. The van der Waals surface area contributed by atoms with Gasteiger partial charge in [-0.1, -0.05) is 23.8 Å². The molecular formula is C31H35N3O5S. The Kier molecular flexibility index (Phi) is 7.70. The molecule has 2 aliphatic heterocycles. The highest BCUT2D eigenvalue weighted by Crippen LogP contribution is 2.33. The number of aryl methyl sites for hydroxylation is 3. The van der Waals surface area contributed by atoms with Gasteiger partial charge >= 0.3 is 0 Å². The van der Waals surface area contributed by atoms with Crippen LogP contribution in [0.25, 0.3) is 0 Å². The first-order valence-corrected chi connectivity index (χ1v) is 15.0. The molecule has 5 rings (SSSR count). The number of ether oxygens (including phenoxy) is 1. The highest BCUT2D eigenvalue weighted by Gasteiger charge is 2.35. The van der Waals surface area contributed by atoms with Gasteiger partial charge in [0.15, 0.2) is 0 Å². The Morgan fingerprint density at radius 2 is 1.65 bits per heavy atom. The summed E-state index contributed by atoms with van der Waals surface area (Å²) in [6.07, 6.45) is 1.95. The van der Waals surface area contributed by atoms with E-state index in [-0.39, 0.29) is 18.4 Å². The summed E-state index contributed by atoms with van der Waals surface area (Å²) in [4.78, 5) is 28.6. The Morgan fingerprint density at radius 1 is 0.950 bits per heavy atom. The van der Waals surface area contributed by atoms with Gasteiger partial charge in [-0.25, -0.2) is 8.42 Å². The van der Waals surface area contributed by atoms with Crippen LogP contribution in [0.2, 0.25) is 0 Å². The molecule has 2 aliphatic rings. The van der Waals surface area contributed by atoms with Crippen molar-refractivity contribution in [1.29, 1.82) is 0 Å². The number of methoxy groups -OCH3 is 1. The quantitative estimate of drug-likeness (QED) is 0.464. The third kappa shape index (κ3) is 5.36. The van der Waals surface area contributed by atoms with Crippen LogP contribution in [0.4, 0.5) is 11.4 Å². The van der Waals surface area contributed by atoms with Crippen LogP contribution in [0.5, 0.6) is 5.75 Å². The average Bonchev–Trinajstić information content (AvgIpc) is 3.35. The summed E-state index contributed by atoms with van der Waals surface area (Å²) in [5.74, 6) is -0.121. The number of rotatable bonds is 6. The summed E-state index contributed by atoms with van der Waals surface area (Å²) >= 11 is 0. The van der Waals surface area contributed by atoms with Crippen LogP contribution < -0.4 is 15.0 Å². The molecule has 1 saturated heterocycles. The molecule has 0 saturated carbocycles. The Balaban J connectivity index is 1.30. The predicted octanol–water partition coefficient (Wildman–Crippen LogP) is 4.86. The number of sulfonamides is 1. The zero-order valence-electron chi connectivity index (χ0n) is 23.4.